The fourth-order valence-electron chi connectivity index (χ4n) is 2.30. The number of amides is 2. The standard InChI is InChI=1S/C17H19N3O2S/c1-2-14(21)19-15(12-6-4-3-5-7-12)16(22)20-17-18-13(10-23-17)11-8-9-11/h3-7,10-11,15H,2,8-9H2,1H3,(H,19,21)(H,18,20,22). The van der Waals surface area contributed by atoms with Crippen molar-refractivity contribution in [2.24, 2.45) is 0 Å². The van der Waals surface area contributed by atoms with Crippen LogP contribution in [-0.4, -0.2) is 16.8 Å². The minimum absolute atomic E-state index is 0.160. The number of hydrogen-bond acceptors (Lipinski definition) is 4. The summed E-state index contributed by atoms with van der Waals surface area (Å²) in [5.41, 5.74) is 1.81. The fraction of sp³-hybridized carbons (Fsp3) is 0.353. The van der Waals surface area contributed by atoms with Crippen LogP contribution in [0.3, 0.4) is 0 Å². The maximum absolute atomic E-state index is 12.6. The van der Waals surface area contributed by atoms with Crippen LogP contribution in [-0.2, 0) is 9.59 Å². The summed E-state index contributed by atoms with van der Waals surface area (Å²) < 4.78 is 0. The highest BCUT2D eigenvalue weighted by Crippen LogP contribution is 2.40. The van der Waals surface area contributed by atoms with Gasteiger partial charge in [0.2, 0.25) is 5.91 Å². The van der Waals surface area contributed by atoms with Crippen molar-refractivity contribution in [3.05, 3.63) is 47.0 Å². The van der Waals surface area contributed by atoms with Gasteiger partial charge in [0, 0.05) is 17.7 Å². The average Bonchev–Trinajstić information content (AvgIpc) is 3.33. The third-order valence-corrected chi connectivity index (χ3v) is 4.55. The van der Waals surface area contributed by atoms with E-state index in [2.05, 4.69) is 15.6 Å². The Kier molecular flexibility index (Phi) is 4.71. The van der Waals surface area contributed by atoms with Crippen molar-refractivity contribution in [3.63, 3.8) is 0 Å². The predicted molar refractivity (Wildman–Crippen MR) is 90.3 cm³/mol. The highest BCUT2D eigenvalue weighted by Gasteiger charge is 2.27. The van der Waals surface area contributed by atoms with E-state index in [4.69, 9.17) is 0 Å². The summed E-state index contributed by atoms with van der Waals surface area (Å²) >= 11 is 1.43. The minimum Gasteiger partial charge on any atom is -0.341 e. The molecule has 2 amide bonds. The van der Waals surface area contributed by atoms with Gasteiger partial charge in [-0.3, -0.25) is 14.9 Å². The number of rotatable bonds is 6. The number of hydrogen-bond donors (Lipinski definition) is 2. The molecule has 0 spiro atoms. The molecule has 0 bridgehead atoms. The average molecular weight is 329 g/mol. The molecule has 6 heteroatoms. The molecule has 0 aliphatic heterocycles. The van der Waals surface area contributed by atoms with E-state index in [1.807, 2.05) is 35.7 Å². The molecule has 120 valence electrons. The van der Waals surface area contributed by atoms with Crippen LogP contribution in [0.1, 0.15) is 49.4 Å². The van der Waals surface area contributed by atoms with E-state index in [0.717, 1.165) is 11.3 Å². The summed E-state index contributed by atoms with van der Waals surface area (Å²) in [4.78, 5) is 28.8. The van der Waals surface area contributed by atoms with Crippen LogP contribution in [0.5, 0.6) is 0 Å². The second kappa shape index (κ2) is 6.91. The largest absolute Gasteiger partial charge is 0.341 e. The zero-order valence-corrected chi connectivity index (χ0v) is 13.7. The molecule has 2 aromatic rings. The summed E-state index contributed by atoms with van der Waals surface area (Å²) in [6.07, 6.45) is 2.69. The zero-order valence-electron chi connectivity index (χ0n) is 12.9. The van der Waals surface area contributed by atoms with Crippen molar-refractivity contribution in [1.29, 1.82) is 0 Å². The first-order valence-corrected chi connectivity index (χ1v) is 8.66. The van der Waals surface area contributed by atoms with E-state index in [1.54, 1.807) is 6.92 Å². The van der Waals surface area contributed by atoms with E-state index >= 15 is 0 Å². The van der Waals surface area contributed by atoms with E-state index in [0.29, 0.717) is 17.5 Å². The quantitative estimate of drug-likeness (QED) is 0.855. The van der Waals surface area contributed by atoms with E-state index in [-0.39, 0.29) is 11.8 Å². The Morgan fingerprint density at radius 2 is 2.04 bits per heavy atom. The Balaban J connectivity index is 1.74. The summed E-state index contributed by atoms with van der Waals surface area (Å²) in [5, 5.41) is 8.18. The summed E-state index contributed by atoms with van der Waals surface area (Å²) in [5.74, 6) is 0.128. The van der Waals surface area contributed by atoms with Gasteiger partial charge < -0.3 is 5.32 Å². The van der Waals surface area contributed by atoms with E-state index in [1.165, 1.54) is 24.2 Å². The molecule has 1 aliphatic carbocycles. The molecule has 1 aliphatic rings. The summed E-state index contributed by atoms with van der Waals surface area (Å²) in [6, 6.07) is 8.53. The number of carbonyl (C=O) groups is 2. The molecular weight excluding hydrogens is 310 g/mol. The highest BCUT2D eigenvalue weighted by atomic mass is 32.1. The third-order valence-electron chi connectivity index (χ3n) is 3.77. The second-order valence-electron chi connectivity index (χ2n) is 5.61. The molecule has 5 nitrogen and oxygen atoms in total. The van der Waals surface area contributed by atoms with Crippen LogP contribution in [0.4, 0.5) is 5.13 Å². The summed E-state index contributed by atoms with van der Waals surface area (Å²) in [7, 11) is 0. The fourth-order valence-corrected chi connectivity index (χ4v) is 3.09. The smallest absolute Gasteiger partial charge is 0.253 e. The normalized spacial score (nSPS) is 15.0. The minimum atomic E-state index is -0.711. The molecule has 2 N–H and O–H groups in total. The first-order chi connectivity index (χ1) is 11.2. The lowest BCUT2D eigenvalue weighted by atomic mass is 10.1. The molecule has 1 aromatic carbocycles. The molecule has 3 rings (SSSR count). The number of thiazole rings is 1. The highest BCUT2D eigenvalue weighted by molar-refractivity contribution is 7.13. The zero-order chi connectivity index (χ0) is 16.2. The van der Waals surface area contributed by atoms with Gasteiger partial charge in [-0.05, 0) is 18.4 Å². The molecule has 23 heavy (non-hydrogen) atoms. The van der Waals surface area contributed by atoms with Crippen molar-refractivity contribution >= 4 is 28.3 Å². The summed E-state index contributed by atoms with van der Waals surface area (Å²) in [6.45, 7) is 1.76. The van der Waals surface area contributed by atoms with Gasteiger partial charge in [0.05, 0.1) is 5.69 Å². The van der Waals surface area contributed by atoms with Gasteiger partial charge in [-0.2, -0.15) is 0 Å². The number of nitrogens with zero attached hydrogens (tertiary/aromatic N) is 1. The van der Waals surface area contributed by atoms with Crippen LogP contribution < -0.4 is 10.6 Å². The van der Waals surface area contributed by atoms with Crippen molar-refractivity contribution in [1.82, 2.24) is 10.3 Å². The molecule has 1 aromatic heterocycles. The molecule has 1 atom stereocenters. The monoisotopic (exact) mass is 329 g/mol. The number of benzene rings is 1. The van der Waals surface area contributed by atoms with Crippen molar-refractivity contribution < 1.29 is 9.59 Å². The maximum Gasteiger partial charge on any atom is 0.253 e. The van der Waals surface area contributed by atoms with Gasteiger partial charge in [-0.25, -0.2) is 4.98 Å². The molecule has 1 saturated carbocycles. The van der Waals surface area contributed by atoms with Crippen LogP contribution >= 0.6 is 11.3 Å². The van der Waals surface area contributed by atoms with Gasteiger partial charge in [-0.1, -0.05) is 37.3 Å². The van der Waals surface area contributed by atoms with Crippen molar-refractivity contribution in [2.75, 3.05) is 5.32 Å². The van der Waals surface area contributed by atoms with E-state index in [9.17, 15) is 9.59 Å². The third kappa shape index (κ3) is 3.96. The SMILES string of the molecule is CCC(=O)NC(C(=O)Nc1nc(C2CC2)cs1)c1ccccc1. The van der Waals surface area contributed by atoms with Crippen molar-refractivity contribution in [3.8, 4) is 0 Å². The molecule has 0 radical (unpaired) electrons. The van der Waals surface area contributed by atoms with Gasteiger partial charge in [0.15, 0.2) is 5.13 Å². The number of anilines is 1. The Hall–Kier alpha value is -2.21. The van der Waals surface area contributed by atoms with Gasteiger partial charge in [0.25, 0.3) is 5.91 Å². The first-order valence-electron chi connectivity index (χ1n) is 7.78. The Labute approximate surface area is 139 Å². The van der Waals surface area contributed by atoms with E-state index < -0.39 is 6.04 Å². The Morgan fingerprint density at radius 1 is 1.30 bits per heavy atom. The molecule has 1 heterocycles. The van der Waals surface area contributed by atoms with Gasteiger partial charge >= 0.3 is 0 Å². The van der Waals surface area contributed by atoms with Crippen LogP contribution in [0.25, 0.3) is 0 Å². The second-order valence-corrected chi connectivity index (χ2v) is 6.46. The van der Waals surface area contributed by atoms with Crippen LogP contribution in [0.2, 0.25) is 0 Å². The predicted octanol–water partition coefficient (Wildman–Crippen LogP) is 3.23. The Morgan fingerprint density at radius 3 is 2.70 bits per heavy atom. The van der Waals surface area contributed by atoms with Gasteiger partial charge in [0.1, 0.15) is 6.04 Å². The molecule has 0 saturated heterocycles. The van der Waals surface area contributed by atoms with Crippen LogP contribution in [0, 0.1) is 0 Å². The lowest BCUT2D eigenvalue weighted by molar-refractivity contribution is -0.126. The lowest BCUT2D eigenvalue weighted by Gasteiger charge is -2.17. The Bertz CT molecular complexity index is 695. The molecule has 1 unspecified atom stereocenters. The molecular formula is C17H19N3O2S. The van der Waals surface area contributed by atoms with Crippen molar-refractivity contribution in [2.45, 2.75) is 38.1 Å². The van der Waals surface area contributed by atoms with Crippen LogP contribution in [0.15, 0.2) is 35.7 Å². The number of carbonyl (C=O) groups excluding carboxylic acids is 2. The number of nitrogens with one attached hydrogen (secondary N) is 2. The maximum atomic E-state index is 12.6. The lowest BCUT2D eigenvalue weighted by Crippen LogP contribution is -2.36. The molecule has 1 fully saturated rings. The first kappa shape index (κ1) is 15.7. The number of aromatic nitrogens is 1. The van der Waals surface area contributed by atoms with Gasteiger partial charge in [-0.15, -0.1) is 11.3 Å². The topological polar surface area (TPSA) is 71.1 Å².